The number of aryl methyl sites for hydroxylation is 1. The summed E-state index contributed by atoms with van der Waals surface area (Å²) in [5.74, 6) is -1.37. The first kappa shape index (κ1) is 16.2. The quantitative estimate of drug-likeness (QED) is 0.653. The second-order valence-electron chi connectivity index (χ2n) is 6.51. The Labute approximate surface area is 148 Å². The fourth-order valence-electron chi connectivity index (χ4n) is 3.35. The van der Waals surface area contributed by atoms with Crippen LogP contribution in [0.15, 0.2) is 29.1 Å². The Balaban J connectivity index is 1.46. The number of carboxylic acid groups (broad SMARTS) is 1. The van der Waals surface area contributed by atoms with Crippen molar-refractivity contribution in [3.63, 3.8) is 0 Å². The van der Waals surface area contributed by atoms with Gasteiger partial charge in [-0.25, -0.2) is 4.79 Å². The normalized spacial score (nSPS) is 17.6. The maximum Gasteiger partial charge on any atom is 0.341 e. The lowest BCUT2D eigenvalue weighted by Gasteiger charge is -2.33. The van der Waals surface area contributed by atoms with Crippen molar-refractivity contribution in [3.8, 4) is 0 Å². The van der Waals surface area contributed by atoms with Crippen molar-refractivity contribution >= 4 is 28.7 Å². The lowest BCUT2D eigenvalue weighted by Crippen LogP contribution is -2.47. The minimum atomic E-state index is -1.10. The number of nitrogens with one attached hydrogen (secondary N) is 2. The molecule has 136 valence electrons. The number of carbonyl (C=O) groups is 2. The van der Waals surface area contributed by atoms with E-state index < -0.39 is 5.97 Å². The number of piperidine rings is 1. The van der Waals surface area contributed by atoms with Crippen molar-refractivity contribution in [1.29, 1.82) is 0 Å². The number of amides is 1. The van der Waals surface area contributed by atoms with Crippen LogP contribution in [0.25, 0.3) is 11.1 Å². The Hall–Kier alpha value is -3.23. The van der Waals surface area contributed by atoms with Gasteiger partial charge in [0, 0.05) is 38.4 Å². The molecule has 1 aliphatic heterocycles. The maximum atomic E-state index is 12.5. The fraction of sp³-hybridized carbons (Fsp3) is 0.353. The number of fused-ring (bicyclic) bond motifs is 1. The number of anilines is 1. The van der Waals surface area contributed by atoms with Crippen molar-refractivity contribution in [3.05, 3.63) is 36.0 Å². The van der Waals surface area contributed by atoms with E-state index in [9.17, 15) is 9.59 Å². The van der Waals surface area contributed by atoms with Gasteiger partial charge in [0.2, 0.25) is 0 Å². The second-order valence-corrected chi connectivity index (χ2v) is 6.51. The van der Waals surface area contributed by atoms with Gasteiger partial charge in [-0.1, -0.05) is 0 Å². The molecule has 1 aliphatic rings. The minimum absolute atomic E-state index is 0.00463. The molecule has 0 bridgehead atoms. The van der Waals surface area contributed by atoms with Crippen LogP contribution in [0.4, 0.5) is 5.69 Å². The lowest BCUT2D eigenvalue weighted by molar-refractivity contribution is 0.0697. The van der Waals surface area contributed by atoms with Gasteiger partial charge in [-0.2, -0.15) is 5.10 Å². The smallest absolute Gasteiger partial charge is 0.341 e. The summed E-state index contributed by atoms with van der Waals surface area (Å²) in [7, 11) is 1.87. The number of rotatable bonds is 4. The summed E-state index contributed by atoms with van der Waals surface area (Å²) in [6, 6.07) is 1.53. The monoisotopic (exact) mass is 357 g/mol. The topological polar surface area (TPSA) is 116 Å². The van der Waals surface area contributed by atoms with E-state index in [1.807, 2.05) is 19.4 Å². The molecule has 3 N–H and O–H groups in total. The van der Waals surface area contributed by atoms with Gasteiger partial charge in [0.25, 0.3) is 5.91 Å². The predicted molar refractivity (Wildman–Crippen MR) is 93.4 cm³/mol. The van der Waals surface area contributed by atoms with E-state index in [0.717, 1.165) is 31.3 Å². The second kappa shape index (κ2) is 6.25. The fourth-order valence-corrected chi connectivity index (χ4v) is 3.35. The molecule has 4 heterocycles. The van der Waals surface area contributed by atoms with Gasteiger partial charge in [-0.05, 0) is 12.8 Å². The molecule has 9 nitrogen and oxygen atoms in total. The number of aromatic amines is 1. The summed E-state index contributed by atoms with van der Waals surface area (Å²) in [6.07, 6.45) is 6.79. The molecule has 0 spiro atoms. The van der Waals surface area contributed by atoms with E-state index in [4.69, 9.17) is 9.52 Å². The summed E-state index contributed by atoms with van der Waals surface area (Å²) in [5, 5.41) is 16.3. The number of H-pyrrole nitrogens is 1. The lowest BCUT2D eigenvalue weighted by atomic mass is 10.1. The van der Waals surface area contributed by atoms with E-state index >= 15 is 0 Å². The average Bonchev–Trinajstić information content (AvgIpc) is 3.29. The molecular formula is C17H19N5O4. The minimum Gasteiger partial charge on any atom is -0.477 e. The molecule has 0 saturated carbocycles. The molecule has 1 unspecified atom stereocenters. The first-order valence-corrected chi connectivity index (χ1v) is 8.39. The molecule has 0 aromatic carbocycles. The number of carbonyl (C=O) groups excluding carboxylic acids is 1. The molecule has 1 fully saturated rings. The van der Waals surface area contributed by atoms with Crippen LogP contribution in [0, 0.1) is 0 Å². The molecule has 3 aromatic heterocycles. The van der Waals surface area contributed by atoms with Crippen LogP contribution in [0.3, 0.4) is 0 Å². The molecule has 1 saturated heterocycles. The van der Waals surface area contributed by atoms with Gasteiger partial charge in [-0.15, -0.1) is 0 Å². The largest absolute Gasteiger partial charge is 0.477 e. The summed E-state index contributed by atoms with van der Waals surface area (Å²) >= 11 is 0. The number of aromatic carboxylic acids is 1. The van der Waals surface area contributed by atoms with E-state index in [1.54, 1.807) is 4.68 Å². The van der Waals surface area contributed by atoms with Crippen LogP contribution < -0.4 is 10.2 Å². The van der Waals surface area contributed by atoms with Crippen molar-refractivity contribution in [1.82, 2.24) is 20.1 Å². The van der Waals surface area contributed by atoms with Crippen molar-refractivity contribution in [2.75, 3.05) is 18.0 Å². The van der Waals surface area contributed by atoms with Gasteiger partial charge in [0.1, 0.15) is 17.5 Å². The van der Waals surface area contributed by atoms with Gasteiger partial charge in [0.15, 0.2) is 5.58 Å². The Kier molecular flexibility index (Phi) is 3.90. The average molecular weight is 357 g/mol. The zero-order valence-corrected chi connectivity index (χ0v) is 14.2. The SMILES string of the molecule is Cn1cc(N2CCCC(NC(=O)c3cc4occ(C(=O)O)c4[nH]3)C2)cn1. The summed E-state index contributed by atoms with van der Waals surface area (Å²) in [5.41, 5.74) is 2.02. The third kappa shape index (κ3) is 2.92. The summed E-state index contributed by atoms with van der Waals surface area (Å²) in [6.45, 7) is 1.63. The van der Waals surface area contributed by atoms with Gasteiger partial charge >= 0.3 is 5.97 Å². The van der Waals surface area contributed by atoms with Crippen molar-refractivity contribution < 1.29 is 19.1 Å². The van der Waals surface area contributed by atoms with Crippen LogP contribution in [0.1, 0.15) is 33.7 Å². The molecule has 3 aromatic rings. The van der Waals surface area contributed by atoms with Gasteiger partial charge < -0.3 is 24.7 Å². The number of aromatic nitrogens is 3. The third-order valence-corrected chi connectivity index (χ3v) is 4.64. The molecule has 1 atom stereocenters. The number of hydrogen-bond acceptors (Lipinski definition) is 5. The van der Waals surface area contributed by atoms with E-state index in [-0.39, 0.29) is 17.5 Å². The Morgan fingerprint density at radius 3 is 3.04 bits per heavy atom. The zero-order valence-electron chi connectivity index (χ0n) is 14.2. The van der Waals surface area contributed by atoms with E-state index in [2.05, 4.69) is 20.3 Å². The standard InChI is InChI=1S/C17H19N5O4/c1-21-8-11(6-18-21)22-4-2-3-10(7-22)19-16(23)13-5-14-15(20-13)12(9-26-14)17(24)25/h5-6,8-10,20H,2-4,7H2,1H3,(H,19,23)(H,24,25). The van der Waals surface area contributed by atoms with Crippen LogP contribution in [0.2, 0.25) is 0 Å². The van der Waals surface area contributed by atoms with Crippen molar-refractivity contribution in [2.24, 2.45) is 7.05 Å². The Bertz CT molecular complexity index is 969. The number of hydrogen-bond donors (Lipinski definition) is 3. The maximum absolute atomic E-state index is 12.5. The first-order valence-electron chi connectivity index (χ1n) is 8.39. The van der Waals surface area contributed by atoms with E-state index in [0.29, 0.717) is 23.3 Å². The molecule has 9 heteroatoms. The van der Waals surface area contributed by atoms with Crippen LogP contribution in [0.5, 0.6) is 0 Å². The molecule has 1 amide bonds. The molecule has 0 radical (unpaired) electrons. The highest BCUT2D eigenvalue weighted by atomic mass is 16.4. The van der Waals surface area contributed by atoms with Crippen LogP contribution >= 0.6 is 0 Å². The number of furan rings is 1. The molecule has 4 rings (SSSR count). The van der Waals surface area contributed by atoms with Gasteiger partial charge in [-0.3, -0.25) is 9.48 Å². The molecule has 0 aliphatic carbocycles. The zero-order chi connectivity index (χ0) is 18.3. The van der Waals surface area contributed by atoms with E-state index in [1.165, 1.54) is 6.07 Å². The summed E-state index contributed by atoms with van der Waals surface area (Å²) < 4.78 is 6.95. The highest BCUT2D eigenvalue weighted by Gasteiger charge is 2.24. The number of nitrogens with zero attached hydrogens (tertiary/aromatic N) is 3. The van der Waals surface area contributed by atoms with Crippen LogP contribution in [-0.2, 0) is 7.05 Å². The van der Waals surface area contributed by atoms with Crippen molar-refractivity contribution in [2.45, 2.75) is 18.9 Å². The van der Waals surface area contributed by atoms with Gasteiger partial charge in [0.05, 0.1) is 17.4 Å². The highest BCUT2D eigenvalue weighted by molar-refractivity contribution is 6.04. The molecular weight excluding hydrogens is 338 g/mol. The predicted octanol–water partition coefficient (Wildman–Crippen LogP) is 1.59. The number of carboxylic acids is 1. The Morgan fingerprint density at radius 2 is 2.31 bits per heavy atom. The first-order chi connectivity index (χ1) is 12.5. The molecule has 26 heavy (non-hydrogen) atoms. The summed E-state index contributed by atoms with van der Waals surface area (Å²) in [4.78, 5) is 28.7. The van der Waals surface area contributed by atoms with Crippen LogP contribution in [-0.4, -0.2) is 50.9 Å². The highest BCUT2D eigenvalue weighted by Crippen LogP contribution is 2.23. The Morgan fingerprint density at radius 1 is 1.46 bits per heavy atom. The third-order valence-electron chi connectivity index (χ3n) is 4.64.